The van der Waals surface area contributed by atoms with Gasteiger partial charge in [-0.25, -0.2) is 4.39 Å². The van der Waals surface area contributed by atoms with Crippen LogP contribution < -0.4 is 0 Å². The number of halogens is 2. The molecule has 0 saturated heterocycles. The van der Waals surface area contributed by atoms with Gasteiger partial charge in [-0.05, 0) is 29.1 Å². The first kappa shape index (κ1) is 11.6. The monoisotopic (exact) mass is 256 g/mol. The average Bonchev–Trinajstić information content (AvgIpc) is 2.75. The predicted octanol–water partition coefficient (Wildman–Crippen LogP) is 3.82. The molecule has 0 amide bonds. The summed E-state index contributed by atoms with van der Waals surface area (Å²) in [6.45, 7) is 0. The van der Waals surface area contributed by atoms with E-state index in [1.54, 1.807) is 6.07 Å². The lowest BCUT2D eigenvalue weighted by Crippen LogP contribution is -2.00. The Labute approximate surface area is 102 Å². The SMILES string of the molecule is OC(Cc1ccc(F)cc1Cl)c1cccs1. The third-order valence-electron chi connectivity index (χ3n) is 2.30. The summed E-state index contributed by atoms with van der Waals surface area (Å²) in [4.78, 5) is 0.889. The van der Waals surface area contributed by atoms with Gasteiger partial charge in [0.15, 0.2) is 0 Å². The Kier molecular flexibility index (Phi) is 3.59. The molecule has 4 heteroatoms. The minimum atomic E-state index is -0.581. The molecule has 1 unspecified atom stereocenters. The van der Waals surface area contributed by atoms with Crippen LogP contribution in [-0.4, -0.2) is 5.11 Å². The third-order valence-corrected chi connectivity index (χ3v) is 3.63. The van der Waals surface area contributed by atoms with Gasteiger partial charge in [0, 0.05) is 16.3 Å². The van der Waals surface area contributed by atoms with Gasteiger partial charge in [-0.2, -0.15) is 0 Å². The maximum absolute atomic E-state index is 12.8. The summed E-state index contributed by atoms with van der Waals surface area (Å²) in [6.07, 6.45) is -0.178. The van der Waals surface area contributed by atoms with Crippen LogP contribution in [0.1, 0.15) is 16.5 Å². The highest BCUT2D eigenvalue weighted by molar-refractivity contribution is 7.10. The molecule has 1 aromatic carbocycles. The zero-order chi connectivity index (χ0) is 11.5. The van der Waals surface area contributed by atoms with Crippen LogP contribution in [0.2, 0.25) is 5.02 Å². The van der Waals surface area contributed by atoms with E-state index in [4.69, 9.17) is 11.6 Å². The van der Waals surface area contributed by atoms with E-state index in [0.29, 0.717) is 11.4 Å². The molecule has 0 spiro atoms. The highest BCUT2D eigenvalue weighted by Gasteiger charge is 2.11. The highest BCUT2D eigenvalue weighted by atomic mass is 35.5. The molecule has 1 aromatic heterocycles. The zero-order valence-electron chi connectivity index (χ0n) is 8.36. The fourth-order valence-electron chi connectivity index (χ4n) is 1.48. The molecule has 16 heavy (non-hydrogen) atoms. The first-order valence-electron chi connectivity index (χ1n) is 4.82. The van der Waals surface area contributed by atoms with Crippen molar-refractivity contribution in [3.8, 4) is 0 Å². The van der Waals surface area contributed by atoms with E-state index in [-0.39, 0.29) is 5.82 Å². The van der Waals surface area contributed by atoms with Crippen molar-refractivity contribution in [1.29, 1.82) is 0 Å². The Morgan fingerprint density at radius 1 is 1.38 bits per heavy atom. The molecule has 1 heterocycles. The Bertz CT molecular complexity index is 470. The van der Waals surface area contributed by atoms with Crippen LogP contribution in [0.25, 0.3) is 0 Å². The molecular formula is C12H10ClFOS. The van der Waals surface area contributed by atoms with Crippen LogP contribution in [0.4, 0.5) is 4.39 Å². The molecule has 84 valence electrons. The second-order valence-corrected chi connectivity index (χ2v) is 4.86. The van der Waals surface area contributed by atoms with Crippen molar-refractivity contribution in [2.45, 2.75) is 12.5 Å². The molecular weight excluding hydrogens is 247 g/mol. The summed E-state index contributed by atoms with van der Waals surface area (Å²) in [7, 11) is 0. The third kappa shape index (κ3) is 2.61. The fraction of sp³-hybridized carbons (Fsp3) is 0.167. The zero-order valence-corrected chi connectivity index (χ0v) is 9.93. The Hall–Kier alpha value is -0.900. The fourth-order valence-corrected chi connectivity index (χ4v) is 2.43. The maximum Gasteiger partial charge on any atom is 0.124 e. The normalized spacial score (nSPS) is 12.7. The van der Waals surface area contributed by atoms with E-state index in [0.717, 1.165) is 10.4 Å². The number of thiophene rings is 1. The number of aliphatic hydroxyl groups is 1. The second-order valence-electron chi connectivity index (χ2n) is 3.47. The van der Waals surface area contributed by atoms with Gasteiger partial charge in [0.1, 0.15) is 5.82 Å². The van der Waals surface area contributed by atoms with Gasteiger partial charge in [-0.15, -0.1) is 11.3 Å². The van der Waals surface area contributed by atoms with E-state index in [1.807, 2.05) is 17.5 Å². The van der Waals surface area contributed by atoms with E-state index < -0.39 is 6.10 Å². The van der Waals surface area contributed by atoms with Crippen LogP contribution in [0, 0.1) is 5.82 Å². The van der Waals surface area contributed by atoms with Gasteiger partial charge in [0.25, 0.3) is 0 Å². The molecule has 1 atom stereocenters. The molecule has 0 bridgehead atoms. The van der Waals surface area contributed by atoms with Crippen LogP contribution in [0.5, 0.6) is 0 Å². The van der Waals surface area contributed by atoms with Gasteiger partial charge in [0.2, 0.25) is 0 Å². The lowest BCUT2D eigenvalue weighted by Gasteiger charge is -2.09. The minimum absolute atomic E-state index is 0.357. The van der Waals surface area contributed by atoms with E-state index >= 15 is 0 Å². The number of aliphatic hydroxyl groups excluding tert-OH is 1. The lowest BCUT2D eigenvalue weighted by molar-refractivity contribution is 0.182. The van der Waals surface area contributed by atoms with Gasteiger partial charge < -0.3 is 5.11 Å². The standard InChI is InChI=1S/C12H10ClFOS/c13-10-7-9(14)4-3-8(10)6-11(15)12-2-1-5-16-12/h1-5,7,11,15H,6H2. The molecule has 2 rings (SSSR count). The summed E-state index contributed by atoms with van der Waals surface area (Å²) in [5.74, 6) is -0.362. The van der Waals surface area contributed by atoms with Gasteiger partial charge in [0.05, 0.1) is 6.10 Å². The first-order valence-corrected chi connectivity index (χ1v) is 6.08. The minimum Gasteiger partial charge on any atom is -0.387 e. The number of benzene rings is 1. The molecule has 1 nitrogen and oxygen atoms in total. The molecule has 0 fully saturated rings. The largest absolute Gasteiger partial charge is 0.387 e. The number of rotatable bonds is 3. The van der Waals surface area contributed by atoms with Crippen molar-refractivity contribution in [2.75, 3.05) is 0 Å². The maximum atomic E-state index is 12.8. The number of hydrogen-bond donors (Lipinski definition) is 1. The molecule has 1 N–H and O–H groups in total. The highest BCUT2D eigenvalue weighted by Crippen LogP contribution is 2.26. The average molecular weight is 257 g/mol. The Morgan fingerprint density at radius 3 is 2.81 bits per heavy atom. The van der Waals surface area contributed by atoms with Crippen molar-refractivity contribution >= 4 is 22.9 Å². The summed E-state index contributed by atoms with van der Waals surface area (Å²) in [6, 6.07) is 7.97. The van der Waals surface area contributed by atoms with Crippen LogP contribution in [-0.2, 0) is 6.42 Å². The molecule has 0 aliphatic heterocycles. The van der Waals surface area contributed by atoms with Crippen LogP contribution in [0.3, 0.4) is 0 Å². The Morgan fingerprint density at radius 2 is 2.19 bits per heavy atom. The van der Waals surface area contributed by atoms with Crippen molar-refractivity contribution in [3.63, 3.8) is 0 Å². The Balaban J connectivity index is 2.15. The van der Waals surface area contributed by atoms with Crippen LogP contribution in [0.15, 0.2) is 35.7 Å². The topological polar surface area (TPSA) is 20.2 Å². The van der Waals surface area contributed by atoms with E-state index in [9.17, 15) is 9.50 Å². The first-order chi connectivity index (χ1) is 7.66. The predicted molar refractivity (Wildman–Crippen MR) is 64.4 cm³/mol. The summed E-state index contributed by atoms with van der Waals surface area (Å²) in [5, 5.41) is 12.2. The van der Waals surface area contributed by atoms with Gasteiger partial charge >= 0.3 is 0 Å². The van der Waals surface area contributed by atoms with Gasteiger partial charge in [-0.3, -0.25) is 0 Å². The number of hydrogen-bond acceptors (Lipinski definition) is 2. The van der Waals surface area contributed by atoms with Crippen molar-refractivity contribution in [3.05, 3.63) is 57.0 Å². The molecule has 2 aromatic rings. The summed E-state index contributed by atoms with van der Waals surface area (Å²) >= 11 is 7.38. The van der Waals surface area contributed by atoms with Crippen molar-refractivity contribution < 1.29 is 9.50 Å². The second kappa shape index (κ2) is 4.95. The molecule has 0 aliphatic carbocycles. The lowest BCUT2D eigenvalue weighted by atomic mass is 10.1. The van der Waals surface area contributed by atoms with Crippen LogP contribution >= 0.6 is 22.9 Å². The summed E-state index contributed by atoms with van der Waals surface area (Å²) < 4.78 is 12.8. The van der Waals surface area contributed by atoms with E-state index in [2.05, 4.69) is 0 Å². The smallest absolute Gasteiger partial charge is 0.124 e. The van der Waals surface area contributed by atoms with Crippen molar-refractivity contribution in [1.82, 2.24) is 0 Å². The molecule has 0 aliphatic rings. The van der Waals surface area contributed by atoms with E-state index in [1.165, 1.54) is 23.5 Å². The van der Waals surface area contributed by atoms with Gasteiger partial charge in [-0.1, -0.05) is 23.7 Å². The van der Waals surface area contributed by atoms with Crippen molar-refractivity contribution in [2.24, 2.45) is 0 Å². The molecule has 0 saturated carbocycles. The molecule has 0 radical (unpaired) electrons. The quantitative estimate of drug-likeness (QED) is 0.885. The summed E-state index contributed by atoms with van der Waals surface area (Å²) in [5.41, 5.74) is 0.754.